The third-order valence-electron chi connectivity index (χ3n) is 4.53. The Labute approximate surface area is 124 Å². The predicted molar refractivity (Wildman–Crippen MR) is 84.2 cm³/mol. The first-order chi connectivity index (χ1) is 9.65. The molecule has 0 spiro atoms. The summed E-state index contributed by atoms with van der Waals surface area (Å²) in [6.45, 7) is 15.9. The molecule has 0 bridgehead atoms. The number of hydrogen-bond acceptors (Lipinski definition) is 4. The normalized spacial score (nSPS) is 27.3. The minimum Gasteiger partial charge on any atom is -0.374 e. The van der Waals surface area contributed by atoms with E-state index in [4.69, 9.17) is 4.74 Å². The average Bonchev–Trinajstić information content (AvgIpc) is 2.92. The Kier molecular flexibility index (Phi) is 6.75. The van der Waals surface area contributed by atoms with Crippen LogP contribution in [0.3, 0.4) is 0 Å². The molecule has 1 N–H and O–H groups in total. The van der Waals surface area contributed by atoms with Gasteiger partial charge in [0, 0.05) is 32.2 Å². The van der Waals surface area contributed by atoms with Crippen molar-refractivity contribution < 1.29 is 4.74 Å². The summed E-state index contributed by atoms with van der Waals surface area (Å²) >= 11 is 0. The first kappa shape index (κ1) is 16.2. The van der Waals surface area contributed by atoms with E-state index in [1.54, 1.807) is 0 Å². The Morgan fingerprint density at radius 3 is 2.60 bits per heavy atom. The largest absolute Gasteiger partial charge is 0.374 e. The Balaban J connectivity index is 1.57. The SMILES string of the molecule is CC(CNCC1CN(C(C)C)CCO1)CN1CCCC1. The first-order valence-electron chi connectivity index (χ1n) is 8.44. The van der Waals surface area contributed by atoms with Crippen LogP contribution in [0.5, 0.6) is 0 Å². The number of nitrogens with one attached hydrogen (secondary N) is 1. The molecule has 0 aromatic rings. The van der Waals surface area contributed by atoms with Crippen molar-refractivity contribution in [1.82, 2.24) is 15.1 Å². The molecule has 2 aliphatic rings. The van der Waals surface area contributed by atoms with Gasteiger partial charge in [-0.3, -0.25) is 4.90 Å². The van der Waals surface area contributed by atoms with Crippen LogP contribution >= 0.6 is 0 Å². The van der Waals surface area contributed by atoms with Gasteiger partial charge >= 0.3 is 0 Å². The lowest BCUT2D eigenvalue weighted by molar-refractivity contribution is -0.0373. The van der Waals surface area contributed by atoms with Crippen LogP contribution < -0.4 is 5.32 Å². The van der Waals surface area contributed by atoms with E-state index in [2.05, 4.69) is 35.9 Å². The fourth-order valence-corrected chi connectivity index (χ4v) is 3.30. The smallest absolute Gasteiger partial charge is 0.0826 e. The molecule has 4 nitrogen and oxygen atoms in total. The van der Waals surface area contributed by atoms with E-state index in [-0.39, 0.29) is 0 Å². The highest BCUT2D eigenvalue weighted by Gasteiger charge is 2.22. The van der Waals surface area contributed by atoms with E-state index in [9.17, 15) is 0 Å². The van der Waals surface area contributed by atoms with Crippen LogP contribution in [0.15, 0.2) is 0 Å². The topological polar surface area (TPSA) is 27.7 Å². The molecule has 0 saturated carbocycles. The molecule has 2 fully saturated rings. The van der Waals surface area contributed by atoms with Crippen molar-refractivity contribution in [3.63, 3.8) is 0 Å². The van der Waals surface area contributed by atoms with Gasteiger partial charge in [0.15, 0.2) is 0 Å². The summed E-state index contributed by atoms with van der Waals surface area (Å²) in [6, 6.07) is 0.635. The van der Waals surface area contributed by atoms with Crippen molar-refractivity contribution in [3.8, 4) is 0 Å². The average molecular weight is 283 g/mol. The highest BCUT2D eigenvalue weighted by molar-refractivity contribution is 4.76. The first-order valence-corrected chi connectivity index (χ1v) is 8.44. The van der Waals surface area contributed by atoms with E-state index in [1.807, 2.05) is 0 Å². The summed E-state index contributed by atoms with van der Waals surface area (Å²) in [4.78, 5) is 5.12. The van der Waals surface area contributed by atoms with Crippen molar-refractivity contribution in [3.05, 3.63) is 0 Å². The molecule has 2 atom stereocenters. The maximum atomic E-state index is 5.86. The van der Waals surface area contributed by atoms with Gasteiger partial charge in [0.05, 0.1) is 12.7 Å². The standard InChI is InChI=1S/C16H33N3O/c1-14(2)19-8-9-20-16(13-19)11-17-10-15(3)12-18-6-4-5-7-18/h14-17H,4-13H2,1-3H3. The Hall–Kier alpha value is -0.160. The summed E-state index contributed by atoms with van der Waals surface area (Å²) in [5.41, 5.74) is 0. The van der Waals surface area contributed by atoms with Crippen LogP contribution in [0.1, 0.15) is 33.6 Å². The molecule has 0 aromatic heterocycles. The third kappa shape index (κ3) is 5.32. The van der Waals surface area contributed by atoms with Crippen LogP contribution in [0.4, 0.5) is 0 Å². The molecular weight excluding hydrogens is 250 g/mol. The lowest BCUT2D eigenvalue weighted by Crippen LogP contribution is -2.49. The molecule has 2 unspecified atom stereocenters. The lowest BCUT2D eigenvalue weighted by atomic mass is 10.1. The van der Waals surface area contributed by atoms with E-state index in [0.717, 1.165) is 38.7 Å². The highest BCUT2D eigenvalue weighted by atomic mass is 16.5. The molecule has 2 heterocycles. The van der Waals surface area contributed by atoms with E-state index in [0.29, 0.717) is 12.1 Å². The van der Waals surface area contributed by atoms with Crippen molar-refractivity contribution in [1.29, 1.82) is 0 Å². The highest BCUT2D eigenvalue weighted by Crippen LogP contribution is 2.10. The minimum atomic E-state index is 0.366. The van der Waals surface area contributed by atoms with Crippen LogP contribution in [0.2, 0.25) is 0 Å². The lowest BCUT2D eigenvalue weighted by Gasteiger charge is -2.35. The van der Waals surface area contributed by atoms with Gasteiger partial charge in [-0.2, -0.15) is 0 Å². The molecule has 118 valence electrons. The molecule has 2 aliphatic heterocycles. The fraction of sp³-hybridized carbons (Fsp3) is 1.00. The van der Waals surface area contributed by atoms with Gasteiger partial charge in [-0.25, -0.2) is 0 Å². The van der Waals surface area contributed by atoms with Gasteiger partial charge in [-0.1, -0.05) is 6.92 Å². The van der Waals surface area contributed by atoms with Crippen molar-refractivity contribution in [2.24, 2.45) is 5.92 Å². The van der Waals surface area contributed by atoms with Gasteiger partial charge in [0.25, 0.3) is 0 Å². The molecule has 4 heteroatoms. The van der Waals surface area contributed by atoms with Crippen molar-refractivity contribution in [2.75, 3.05) is 52.4 Å². The second-order valence-corrected chi connectivity index (χ2v) is 6.85. The Bertz CT molecular complexity index is 266. The van der Waals surface area contributed by atoms with Crippen LogP contribution in [-0.4, -0.2) is 74.4 Å². The molecule has 20 heavy (non-hydrogen) atoms. The number of hydrogen-bond donors (Lipinski definition) is 1. The maximum Gasteiger partial charge on any atom is 0.0826 e. The molecule has 2 saturated heterocycles. The number of likely N-dealkylation sites (tertiary alicyclic amines) is 1. The van der Waals surface area contributed by atoms with Gasteiger partial charge in [0.2, 0.25) is 0 Å². The predicted octanol–water partition coefficient (Wildman–Crippen LogP) is 1.42. The zero-order chi connectivity index (χ0) is 14.4. The second kappa shape index (κ2) is 8.32. The summed E-state index contributed by atoms with van der Waals surface area (Å²) < 4.78 is 5.86. The zero-order valence-corrected chi connectivity index (χ0v) is 13.6. The van der Waals surface area contributed by atoms with Crippen LogP contribution in [0, 0.1) is 5.92 Å². The van der Waals surface area contributed by atoms with E-state index in [1.165, 1.54) is 32.5 Å². The third-order valence-corrected chi connectivity index (χ3v) is 4.53. The molecular formula is C16H33N3O. The second-order valence-electron chi connectivity index (χ2n) is 6.85. The van der Waals surface area contributed by atoms with Gasteiger partial charge in [0.1, 0.15) is 0 Å². The minimum absolute atomic E-state index is 0.366. The molecule has 0 aromatic carbocycles. The van der Waals surface area contributed by atoms with Crippen molar-refractivity contribution >= 4 is 0 Å². The Morgan fingerprint density at radius 2 is 1.90 bits per heavy atom. The number of morpholine rings is 1. The zero-order valence-electron chi connectivity index (χ0n) is 13.6. The van der Waals surface area contributed by atoms with Gasteiger partial charge in [-0.15, -0.1) is 0 Å². The fourth-order valence-electron chi connectivity index (χ4n) is 3.30. The number of ether oxygens (including phenoxy) is 1. The van der Waals surface area contributed by atoms with E-state index < -0.39 is 0 Å². The van der Waals surface area contributed by atoms with Crippen LogP contribution in [-0.2, 0) is 4.74 Å². The number of rotatable bonds is 7. The molecule has 0 amide bonds. The summed E-state index contributed by atoms with van der Waals surface area (Å²) in [6.07, 6.45) is 3.15. The summed E-state index contributed by atoms with van der Waals surface area (Å²) in [7, 11) is 0. The quantitative estimate of drug-likeness (QED) is 0.765. The van der Waals surface area contributed by atoms with Gasteiger partial charge < -0.3 is 15.0 Å². The Morgan fingerprint density at radius 1 is 1.15 bits per heavy atom. The van der Waals surface area contributed by atoms with Crippen LogP contribution in [0.25, 0.3) is 0 Å². The number of nitrogens with zero attached hydrogens (tertiary/aromatic N) is 2. The molecule has 0 radical (unpaired) electrons. The molecule has 2 rings (SSSR count). The summed E-state index contributed by atoms with van der Waals surface area (Å²) in [5, 5.41) is 3.61. The monoisotopic (exact) mass is 283 g/mol. The molecule has 0 aliphatic carbocycles. The van der Waals surface area contributed by atoms with Crippen molar-refractivity contribution in [2.45, 2.75) is 45.8 Å². The van der Waals surface area contributed by atoms with E-state index >= 15 is 0 Å². The van der Waals surface area contributed by atoms with Gasteiger partial charge in [-0.05, 0) is 52.2 Å². The summed E-state index contributed by atoms with van der Waals surface area (Å²) in [5.74, 6) is 0.734. The maximum absolute atomic E-state index is 5.86.